The number of carbonyl (C=O) groups excluding carboxylic acids is 2. The van der Waals surface area contributed by atoms with E-state index in [4.69, 9.17) is 10.00 Å². The van der Waals surface area contributed by atoms with Gasteiger partial charge in [-0.2, -0.15) is 5.26 Å². The van der Waals surface area contributed by atoms with Crippen molar-refractivity contribution in [3.63, 3.8) is 0 Å². The normalized spacial score (nSPS) is 26.1. The molecule has 1 heterocycles. The summed E-state index contributed by atoms with van der Waals surface area (Å²) in [5.41, 5.74) is 0.304. The van der Waals surface area contributed by atoms with Crippen LogP contribution in [0.1, 0.15) is 13.8 Å². The van der Waals surface area contributed by atoms with Crippen molar-refractivity contribution in [1.29, 1.82) is 5.26 Å². The molecule has 0 radical (unpaired) electrons. The van der Waals surface area contributed by atoms with Crippen molar-refractivity contribution in [2.75, 3.05) is 11.5 Å². The molecule has 1 saturated carbocycles. The largest absolute Gasteiger partial charge is 0.479 e. The molecule has 2 atom stereocenters. The highest BCUT2D eigenvalue weighted by atomic mass is 16.5. The van der Waals surface area contributed by atoms with Gasteiger partial charge in [0, 0.05) is 6.07 Å². The van der Waals surface area contributed by atoms with E-state index in [0.29, 0.717) is 11.4 Å². The molecule has 102 valence electrons. The van der Waals surface area contributed by atoms with Crippen LogP contribution in [-0.2, 0) is 9.59 Å². The summed E-state index contributed by atoms with van der Waals surface area (Å²) in [6, 6.07) is 8.59. The number of nitriles is 1. The van der Waals surface area contributed by atoms with Gasteiger partial charge in [-0.05, 0) is 17.5 Å². The molecular formula is C15H14N2O3. The zero-order valence-electron chi connectivity index (χ0n) is 11.3. The van der Waals surface area contributed by atoms with E-state index in [9.17, 15) is 9.59 Å². The van der Waals surface area contributed by atoms with Crippen LogP contribution in [0.25, 0.3) is 0 Å². The molecule has 2 fully saturated rings. The smallest absolute Gasteiger partial charge is 0.238 e. The molecule has 2 amide bonds. The van der Waals surface area contributed by atoms with Crippen molar-refractivity contribution in [3.8, 4) is 11.8 Å². The Kier molecular flexibility index (Phi) is 2.58. The second-order valence-electron chi connectivity index (χ2n) is 5.73. The maximum Gasteiger partial charge on any atom is 0.238 e. The molecule has 0 aromatic heterocycles. The Balaban J connectivity index is 1.87. The number of carbonyl (C=O) groups is 2. The first-order valence-electron chi connectivity index (χ1n) is 6.46. The third kappa shape index (κ3) is 1.61. The number of imide groups is 1. The summed E-state index contributed by atoms with van der Waals surface area (Å²) in [6.07, 6.45) is 0. The third-order valence-corrected chi connectivity index (χ3v) is 4.18. The quantitative estimate of drug-likeness (QED) is 0.784. The first-order valence-corrected chi connectivity index (χ1v) is 6.46. The molecule has 0 N–H and O–H groups in total. The number of hydrogen-bond donors (Lipinski definition) is 0. The number of hydrogen-bond acceptors (Lipinski definition) is 4. The van der Waals surface area contributed by atoms with Crippen molar-refractivity contribution in [2.45, 2.75) is 13.8 Å². The minimum Gasteiger partial charge on any atom is -0.479 e. The molecule has 1 aliphatic heterocycles. The van der Waals surface area contributed by atoms with Gasteiger partial charge in [0.05, 0.1) is 17.5 Å². The molecule has 5 nitrogen and oxygen atoms in total. The predicted molar refractivity (Wildman–Crippen MR) is 70.8 cm³/mol. The van der Waals surface area contributed by atoms with Gasteiger partial charge in [0.1, 0.15) is 11.8 Å². The molecule has 20 heavy (non-hydrogen) atoms. The second kappa shape index (κ2) is 4.07. The molecule has 1 aromatic rings. The minimum atomic E-state index is -0.209. The van der Waals surface area contributed by atoms with Crippen LogP contribution in [0.4, 0.5) is 5.69 Å². The van der Waals surface area contributed by atoms with Crippen molar-refractivity contribution in [1.82, 2.24) is 0 Å². The summed E-state index contributed by atoms with van der Waals surface area (Å²) in [6.45, 7) is 3.83. The zero-order chi connectivity index (χ0) is 14.5. The zero-order valence-corrected chi connectivity index (χ0v) is 11.3. The molecule has 5 heteroatoms. The summed E-state index contributed by atoms with van der Waals surface area (Å²) < 4.78 is 5.19. The van der Waals surface area contributed by atoms with E-state index in [0.717, 1.165) is 0 Å². The number of ether oxygens (including phenoxy) is 1. The Labute approximate surface area is 116 Å². The second-order valence-corrected chi connectivity index (χ2v) is 5.73. The third-order valence-electron chi connectivity index (χ3n) is 4.18. The van der Waals surface area contributed by atoms with Gasteiger partial charge in [0.2, 0.25) is 11.8 Å². The van der Waals surface area contributed by atoms with E-state index in [1.807, 2.05) is 19.9 Å². The number of piperidine rings is 1. The van der Waals surface area contributed by atoms with Gasteiger partial charge >= 0.3 is 0 Å². The Bertz CT molecular complexity index is 621. The van der Waals surface area contributed by atoms with Gasteiger partial charge < -0.3 is 4.74 Å². The number of fused-ring (bicyclic) bond motifs is 1. The summed E-state index contributed by atoms with van der Waals surface area (Å²) >= 11 is 0. The molecule has 0 bridgehead atoms. The van der Waals surface area contributed by atoms with Crippen LogP contribution in [0.3, 0.4) is 0 Å². The Morgan fingerprint density at radius 3 is 2.55 bits per heavy atom. The van der Waals surface area contributed by atoms with Gasteiger partial charge in [-0.1, -0.05) is 19.9 Å². The lowest BCUT2D eigenvalue weighted by molar-refractivity contribution is -0.125. The van der Waals surface area contributed by atoms with Crippen molar-refractivity contribution < 1.29 is 14.3 Å². The van der Waals surface area contributed by atoms with Gasteiger partial charge in [0.15, 0.2) is 6.61 Å². The van der Waals surface area contributed by atoms with Crippen LogP contribution in [0.2, 0.25) is 0 Å². The van der Waals surface area contributed by atoms with Gasteiger partial charge in [-0.3, -0.25) is 9.59 Å². The SMILES string of the molecule is CC1(C)C2C(=O)N(c3cccc(OCC#N)c3)C(=O)C21. The van der Waals surface area contributed by atoms with Crippen molar-refractivity contribution in [2.24, 2.45) is 17.3 Å². The molecule has 1 saturated heterocycles. The van der Waals surface area contributed by atoms with E-state index >= 15 is 0 Å². The summed E-state index contributed by atoms with van der Waals surface area (Å²) in [4.78, 5) is 25.9. The fraction of sp³-hybridized carbons (Fsp3) is 0.400. The monoisotopic (exact) mass is 270 g/mol. The first-order chi connectivity index (χ1) is 9.48. The highest BCUT2D eigenvalue weighted by molar-refractivity contribution is 6.25. The lowest BCUT2D eigenvalue weighted by atomic mass is 10.1. The van der Waals surface area contributed by atoms with E-state index in [2.05, 4.69) is 0 Å². The highest BCUT2D eigenvalue weighted by Gasteiger charge is 2.72. The first kappa shape index (κ1) is 12.7. The molecule has 3 rings (SSSR count). The molecular weight excluding hydrogens is 256 g/mol. The van der Waals surface area contributed by atoms with Crippen molar-refractivity contribution >= 4 is 17.5 Å². The molecule has 2 aliphatic rings. The maximum absolute atomic E-state index is 12.3. The molecule has 0 spiro atoms. The average molecular weight is 270 g/mol. The van der Waals surface area contributed by atoms with Crippen LogP contribution < -0.4 is 9.64 Å². The van der Waals surface area contributed by atoms with E-state index in [1.165, 1.54) is 4.90 Å². The van der Waals surface area contributed by atoms with Crippen LogP contribution in [0, 0.1) is 28.6 Å². The predicted octanol–water partition coefficient (Wildman–Crippen LogP) is 1.73. The number of anilines is 1. The van der Waals surface area contributed by atoms with Crippen LogP contribution >= 0.6 is 0 Å². The lowest BCUT2D eigenvalue weighted by Gasteiger charge is -2.20. The van der Waals surface area contributed by atoms with Crippen LogP contribution in [0.15, 0.2) is 24.3 Å². The highest BCUT2D eigenvalue weighted by Crippen LogP contribution is 2.63. The fourth-order valence-electron chi connectivity index (χ4n) is 3.03. The lowest BCUT2D eigenvalue weighted by Crippen LogP contribution is -2.36. The summed E-state index contributed by atoms with van der Waals surface area (Å²) in [5, 5.41) is 8.50. The number of rotatable bonds is 3. The van der Waals surface area contributed by atoms with Crippen LogP contribution in [0.5, 0.6) is 5.75 Å². The Hall–Kier alpha value is -2.35. The topological polar surface area (TPSA) is 70.4 Å². The standard InChI is InChI=1S/C15H14N2O3/c1-15(2)11-12(15)14(19)17(13(11)18)9-4-3-5-10(8-9)20-7-6-16/h3-5,8,11-12H,7H2,1-2H3. The van der Waals surface area contributed by atoms with E-state index in [-0.39, 0.29) is 35.7 Å². The summed E-state index contributed by atoms with van der Waals surface area (Å²) in [7, 11) is 0. The molecule has 1 aromatic carbocycles. The summed E-state index contributed by atoms with van der Waals surface area (Å²) in [5.74, 6) is -0.188. The van der Waals surface area contributed by atoms with Gasteiger partial charge in [-0.15, -0.1) is 0 Å². The van der Waals surface area contributed by atoms with Gasteiger partial charge in [0.25, 0.3) is 0 Å². The maximum atomic E-state index is 12.3. The Morgan fingerprint density at radius 2 is 1.95 bits per heavy atom. The van der Waals surface area contributed by atoms with E-state index < -0.39 is 0 Å². The number of amides is 2. The van der Waals surface area contributed by atoms with Crippen molar-refractivity contribution in [3.05, 3.63) is 24.3 Å². The average Bonchev–Trinajstić information content (AvgIpc) is 2.87. The molecule has 2 unspecified atom stereocenters. The van der Waals surface area contributed by atoms with E-state index in [1.54, 1.807) is 24.3 Å². The number of nitrogens with zero attached hydrogens (tertiary/aromatic N) is 2. The van der Waals surface area contributed by atoms with Gasteiger partial charge in [-0.25, -0.2) is 4.90 Å². The minimum absolute atomic E-state index is 0.0658. The number of benzene rings is 1. The Morgan fingerprint density at radius 1 is 1.30 bits per heavy atom. The fourth-order valence-corrected chi connectivity index (χ4v) is 3.03. The van der Waals surface area contributed by atoms with Crippen LogP contribution in [-0.4, -0.2) is 18.4 Å². The molecule has 1 aliphatic carbocycles.